The number of anilines is 1. The van der Waals surface area contributed by atoms with Gasteiger partial charge in [0.25, 0.3) is 5.91 Å². The second-order valence-electron chi connectivity index (χ2n) is 10.0. The van der Waals surface area contributed by atoms with Crippen LogP contribution in [0.2, 0.25) is 10.0 Å². The summed E-state index contributed by atoms with van der Waals surface area (Å²) in [7, 11) is 0. The Hall–Kier alpha value is -3.08. The largest absolute Gasteiger partial charge is 0.434 e. The lowest BCUT2D eigenvalue weighted by Crippen LogP contribution is -2.35. The van der Waals surface area contributed by atoms with E-state index in [4.69, 9.17) is 23.2 Å². The van der Waals surface area contributed by atoms with Crippen molar-refractivity contribution in [3.8, 4) is 5.69 Å². The number of fused-ring (bicyclic) bond motifs is 1. The number of likely N-dealkylation sites (tertiary alicyclic amines) is 2. The van der Waals surface area contributed by atoms with Gasteiger partial charge in [0.15, 0.2) is 5.69 Å². The molecular formula is C27H26Cl2F3N5O2. The minimum atomic E-state index is -4.78. The van der Waals surface area contributed by atoms with Crippen LogP contribution in [0.3, 0.4) is 0 Å². The fraction of sp³-hybridized carbons (Fsp3) is 0.370. The smallest absolute Gasteiger partial charge is 0.338 e. The van der Waals surface area contributed by atoms with Gasteiger partial charge < -0.3 is 15.1 Å². The quantitative estimate of drug-likeness (QED) is 0.416. The number of halogens is 5. The Morgan fingerprint density at radius 2 is 1.69 bits per heavy atom. The highest BCUT2D eigenvalue weighted by Gasteiger charge is 2.45. The van der Waals surface area contributed by atoms with Gasteiger partial charge in [-0.25, -0.2) is 4.68 Å². The topological polar surface area (TPSA) is 70.5 Å². The standard InChI is InChI=1S/C27H26Cl2F3N5O2/c1-16-2-5-20(10-23(16)29)34-24(38)8-9-35-12-17-14-36(15-18(17)13-35)26(39)22-11-33-37(25(22)27(30,31)32)21-6-3-19(28)4-7-21/h2-7,10-11,17-18H,8-9,12-15H2,1H3,(H,34,38). The third kappa shape index (κ3) is 5.92. The number of amides is 2. The van der Waals surface area contributed by atoms with E-state index in [0.717, 1.165) is 16.4 Å². The lowest BCUT2D eigenvalue weighted by Gasteiger charge is -2.22. The summed E-state index contributed by atoms with van der Waals surface area (Å²) in [5.41, 5.74) is 0.155. The number of aromatic nitrogens is 2. The number of carbonyl (C=O) groups excluding carboxylic acids is 2. The molecule has 7 nitrogen and oxygen atoms in total. The van der Waals surface area contributed by atoms with Gasteiger partial charge in [-0.2, -0.15) is 18.3 Å². The molecular weight excluding hydrogens is 554 g/mol. The average Bonchev–Trinajstić information content (AvgIpc) is 3.58. The number of rotatable bonds is 6. The SMILES string of the molecule is Cc1ccc(NC(=O)CCN2CC3CN(C(=O)c4cnn(-c5ccc(Cl)cc5)c4C(F)(F)F)CC3C2)cc1Cl. The number of hydrogen-bond acceptors (Lipinski definition) is 4. The van der Waals surface area contributed by atoms with Crippen LogP contribution in [0.25, 0.3) is 5.69 Å². The van der Waals surface area contributed by atoms with Crippen LogP contribution in [-0.2, 0) is 11.0 Å². The predicted molar refractivity (Wildman–Crippen MR) is 142 cm³/mol. The first-order chi connectivity index (χ1) is 18.5. The van der Waals surface area contributed by atoms with Crippen LogP contribution in [0.1, 0.15) is 28.0 Å². The molecule has 0 aliphatic carbocycles. The molecule has 1 N–H and O–H groups in total. The first-order valence-electron chi connectivity index (χ1n) is 12.5. The van der Waals surface area contributed by atoms with Gasteiger partial charge in [0.05, 0.1) is 17.4 Å². The number of nitrogens with zero attached hydrogens (tertiary/aromatic N) is 4. The molecule has 2 aliphatic rings. The molecule has 2 unspecified atom stereocenters. The van der Waals surface area contributed by atoms with Crippen LogP contribution in [0.15, 0.2) is 48.7 Å². The summed E-state index contributed by atoms with van der Waals surface area (Å²) in [6, 6.07) is 11.1. The van der Waals surface area contributed by atoms with Crippen molar-refractivity contribution < 1.29 is 22.8 Å². The lowest BCUT2D eigenvalue weighted by atomic mass is 10.0. The highest BCUT2D eigenvalue weighted by Crippen LogP contribution is 2.37. The summed E-state index contributed by atoms with van der Waals surface area (Å²) in [6.45, 7) is 4.51. The fourth-order valence-electron chi connectivity index (χ4n) is 5.32. The van der Waals surface area contributed by atoms with Gasteiger partial charge in [-0.05, 0) is 60.7 Å². The van der Waals surface area contributed by atoms with E-state index in [-0.39, 0.29) is 23.4 Å². The van der Waals surface area contributed by atoms with E-state index < -0.39 is 23.3 Å². The number of hydrogen-bond donors (Lipinski definition) is 1. The van der Waals surface area contributed by atoms with Gasteiger partial charge in [0.2, 0.25) is 5.91 Å². The molecule has 2 saturated heterocycles. The van der Waals surface area contributed by atoms with Crippen molar-refractivity contribution in [3.63, 3.8) is 0 Å². The first kappa shape index (κ1) is 27.5. The molecule has 3 aromatic rings. The third-order valence-electron chi connectivity index (χ3n) is 7.30. The van der Waals surface area contributed by atoms with Crippen LogP contribution in [0.5, 0.6) is 0 Å². The highest BCUT2D eigenvalue weighted by atomic mass is 35.5. The van der Waals surface area contributed by atoms with E-state index in [1.54, 1.807) is 12.1 Å². The second-order valence-corrected chi connectivity index (χ2v) is 10.9. The van der Waals surface area contributed by atoms with E-state index >= 15 is 0 Å². The molecule has 3 heterocycles. The Morgan fingerprint density at radius 1 is 1.03 bits per heavy atom. The maximum Gasteiger partial charge on any atom is 0.434 e. The Kier molecular flexibility index (Phi) is 7.63. The number of alkyl halides is 3. The summed E-state index contributed by atoms with van der Waals surface area (Å²) in [5, 5.41) is 7.70. The zero-order chi connectivity index (χ0) is 27.9. The van der Waals surface area contributed by atoms with Crippen molar-refractivity contribution in [2.24, 2.45) is 11.8 Å². The highest BCUT2D eigenvalue weighted by molar-refractivity contribution is 6.31. The van der Waals surface area contributed by atoms with Crippen LogP contribution in [-0.4, -0.2) is 64.1 Å². The number of benzene rings is 2. The zero-order valence-electron chi connectivity index (χ0n) is 21.0. The molecule has 2 aliphatic heterocycles. The average molecular weight is 580 g/mol. The maximum absolute atomic E-state index is 14.1. The Morgan fingerprint density at radius 3 is 2.31 bits per heavy atom. The minimum absolute atomic E-state index is 0.124. The summed E-state index contributed by atoms with van der Waals surface area (Å²) < 4.78 is 42.9. The van der Waals surface area contributed by atoms with Crippen molar-refractivity contribution in [3.05, 3.63) is 75.5 Å². The molecule has 0 spiro atoms. The minimum Gasteiger partial charge on any atom is -0.338 e. The number of nitrogens with one attached hydrogen (secondary N) is 1. The molecule has 0 radical (unpaired) electrons. The second kappa shape index (κ2) is 10.8. The van der Waals surface area contributed by atoms with E-state index in [0.29, 0.717) is 54.9 Å². The van der Waals surface area contributed by atoms with Crippen molar-refractivity contribution in [2.45, 2.75) is 19.5 Å². The molecule has 12 heteroatoms. The molecule has 2 amide bonds. The number of aryl methyl sites for hydroxylation is 1. The Bertz CT molecular complexity index is 1380. The number of carbonyl (C=O) groups is 2. The molecule has 2 atom stereocenters. The molecule has 0 saturated carbocycles. The molecule has 5 rings (SSSR count). The van der Waals surface area contributed by atoms with E-state index in [2.05, 4.69) is 15.3 Å². The lowest BCUT2D eigenvalue weighted by molar-refractivity contribution is -0.143. The summed E-state index contributed by atoms with van der Waals surface area (Å²) in [6.07, 6.45) is -3.50. The fourth-order valence-corrected chi connectivity index (χ4v) is 5.63. The van der Waals surface area contributed by atoms with Gasteiger partial charge >= 0.3 is 6.18 Å². The van der Waals surface area contributed by atoms with Crippen molar-refractivity contribution in [1.82, 2.24) is 19.6 Å². The molecule has 39 heavy (non-hydrogen) atoms. The first-order valence-corrected chi connectivity index (χ1v) is 13.2. The van der Waals surface area contributed by atoms with Gasteiger partial charge in [-0.3, -0.25) is 9.59 Å². The van der Waals surface area contributed by atoms with Crippen LogP contribution >= 0.6 is 23.2 Å². The Labute approximate surface area is 233 Å². The summed E-state index contributed by atoms with van der Waals surface area (Å²) >= 11 is 12.0. The monoisotopic (exact) mass is 579 g/mol. The van der Waals surface area contributed by atoms with E-state index in [9.17, 15) is 22.8 Å². The third-order valence-corrected chi connectivity index (χ3v) is 7.96. The molecule has 206 valence electrons. The van der Waals surface area contributed by atoms with Crippen LogP contribution in [0.4, 0.5) is 18.9 Å². The van der Waals surface area contributed by atoms with Crippen LogP contribution in [0, 0.1) is 18.8 Å². The summed E-state index contributed by atoms with van der Waals surface area (Å²) in [4.78, 5) is 29.3. The van der Waals surface area contributed by atoms with E-state index in [1.165, 1.54) is 29.2 Å². The normalized spacial score (nSPS) is 19.4. The van der Waals surface area contributed by atoms with Crippen molar-refractivity contribution in [2.75, 3.05) is 38.0 Å². The Balaban J connectivity index is 1.19. The van der Waals surface area contributed by atoms with Gasteiger partial charge in [-0.15, -0.1) is 0 Å². The molecule has 1 aromatic heterocycles. The maximum atomic E-state index is 14.1. The molecule has 2 aromatic carbocycles. The zero-order valence-corrected chi connectivity index (χ0v) is 22.5. The van der Waals surface area contributed by atoms with Crippen molar-refractivity contribution >= 4 is 40.7 Å². The van der Waals surface area contributed by atoms with Gasteiger partial charge in [-0.1, -0.05) is 29.3 Å². The van der Waals surface area contributed by atoms with Crippen molar-refractivity contribution in [1.29, 1.82) is 0 Å². The summed E-state index contributed by atoms with van der Waals surface area (Å²) in [5.74, 6) is -0.539. The molecule has 0 bridgehead atoms. The van der Waals surface area contributed by atoms with Gasteiger partial charge in [0, 0.05) is 54.9 Å². The van der Waals surface area contributed by atoms with Gasteiger partial charge in [0.1, 0.15) is 0 Å². The molecule has 2 fully saturated rings. The predicted octanol–water partition coefficient (Wildman–Crippen LogP) is 5.54. The van der Waals surface area contributed by atoms with E-state index in [1.807, 2.05) is 13.0 Å². The van der Waals surface area contributed by atoms with Crippen LogP contribution < -0.4 is 5.32 Å².